The molecule has 0 spiro atoms. The number of benzene rings is 1. The van der Waals surface area contributed by atoms with Crippen LogP contribution in [-0.4, -0.2) is 34.1 Å². The minimum absolute atomic E-state index is 0.00345. The molecule has 0 amide bonds. The SMILES string of the molecule is Nc1ccc2ncn(CCCN3CCCC3)c(=O)c2c1. The first-order chi connectivity index (χ1) is 9.74. The highest BCUT2D eigenvalue weighted by atomic mass is 16.1. The summed E-state index contributed by atoms with van der Waals surface area (Å²) in [5.41, 5.74) is 7.06. The van der Waals surface area contributed by atoms with E-state index in [9.17, 15) is 4.79 Å². The Bertz CT molecular complexity index is 658. The van der Waals surface area contributed by atoms with Gasteiger partial charge >= 0.3 is 0 Å². The summed E-state index contributed by atoms with van der Waals surface area (Å²) in [6, 6.07) is 5.27. The molecule has 5 nitrogen and oxygen atoms in total. The third-order valence-corrected chi connectivity index (χ3v) is 3.92. The highest BCUT2D eigenvalue weighted by Gasteiger charge is 2.11. The molecule has 1 saturated heterocycles. The van der Waals surface area contributed by atoms with Crippen LogP contribution in [0.15, 0.2) is 29.3 Å². The molecule has 2 heterocycles. The van der Waals surface area contributed by atoms with Crippen molar-refractivity contribution in [3.05, 3.63) is 34.9 Å². The van der Waals surface area contributed by atoms with Crippen molar-refractivity contribution in [2.45, 2.75) is 25.8 Å². The van der Waals surface area contributed by atoms with E-state index in [2.05, 4.69) is 9.88 Å². The second-order valence-corrected chi connectivity index (χ2v) is 5.42. The van der Waals surface area contributed by atoms with Crippen molar-refractivity contribution in [1.29, 1.82) is 0 Å². The Morgan fingerprint density at radius 3 is 2.80 bits per heavy atom. The molecule has 5 heteroatoms. The van der Waals surface area contributed by atoms with Crippen molar-refractivity contribution in [3.63, 3.8) is 0 Å². The van der Waals surface area contributed by atoms with Gasteiger partial charge in [-0.1, -0.05) is 0 Å². The van der Waals surface area contributed by atoms with Crippen molar-refractivity contribution in [2.24, 2.45) is 0 Å². The van der Waals surface area contributed by atoms with Gasteiger partial charge in [0, 0.05) is 12.2 Å². The van der Waals surface area contributed by atoms with E-state index >= 15 is 0 Å². The number of anilines is 1. The Morgan fingerprint density at radius 2 is 2.00 bits per heavy atom. The highest BCUT2D eigenvalue weighted by Crippen LogP contribution is 2.11. The Kier molecular flexibility index (Phi) is 3.69. The fourth-order valence-corrected chi connectivity index (χ4v) is 2.81. The van der Waals surface area contributed by atoms with Crippen LogP contribution in [0.4, 0.5) is 5.69 Å². The van der Waals surface area contributed by atoms with E-state index in [1.807, 2.05) is 0 Å². The van der Waals surface area contributed by atoms with Crippen LogP contribution >= 0.6 is 0 Å². The summed E-state index contributed by atoms with van der Waals surface area (Å²) in [4.78, 5) is 19.1. The summed E-state index contributed by atoms with van der Waals surface area (Å²) in [5.74, 6) is 0. The smallest absolute Gasteiger partial charge is 0.261 e. The van der Waals surface area contributed by atoms with E-state index in [0.717, 1.165) is 13.0 Å². The Labute approximate surface area is 118 Å². The predicted molar refractivity (Wildman–Crippen MR) is 80.7 cm³/mol. The van der Waals surface area contributed by atoms with E-state index < -0.39 is 0 Å². The number of rotatable bonds is 4. The largest absolute Gasteiger partial charge is 0.399 e. The van der Waals surface area contributed by atoms with Gasteiger partial charge in [0.1, 0.15) is 0 Å². The molecule has 0 aliphatic carbocycles. The second kappa shape index (κ2) is 5.63. The number of hydrogen-bond donors (Lipinski definition) is 1. The monoisotopic (exact) mass is 272 g/mol. The average molecular weight is 272 g/mol. The fourth-order valence-electron chi connectivity index (χ4n) is 2.81. The molecule has 2 aromatic rings. The topological polar surface area (TPSA) is 64.2 Å². The van der Waals surface area contributed by atoms with E-state index in [0.29, 0.717) is 23.1 Å². The Morgan fingerprint density at radius 1 is 1.20 bits per heavy atom. The minimum Gasteiger partial charge on any atom is -0.399 e. The van der Waals surface area contributed by atoms with Crippen LogP contribution in [0.1, 0.15) is 19.3 Å². The molecule has 1 aromatic carbocycles. The molecule has 20 heavy (non-hydrogen) atoms. The maximum absolute atomic E-state index is 12.4. The highest BCUT2D eigenvalue weighted by molar-refractivity contribution is 5.80. The van der Waals surface area contributed by atoms with Gasteiger partial charge in [-0.2, -0.15) is 0 Å². The molecule has 1 aromatic heterocycles. The summed E-state index contributed by atoms with van der Waals surface area (Å²) in [5, 5.41) is 0.605. The molecule has 3 rings (SSSR count). The molecule has 0 radical (unpaired) electrons. The van der Waals surface area contributed by atoms with Gasteiger partial charge in [-0.25, -0.2) is 4.98 Å². The van der Waals surface area contributed by atoms with Crippen molar-refractivity contribution in [2.75, 3.05) is 25.4 Å². The first-order valence-corrected chi connectivity index (χ1v) is 7.21. The van der Waals surface area contributed by atoms with Crippen LogP contribution in [-0.2, 0) is 6.54 Å². The van der Waals surface area contributed by atoms with Gasteiger partial charge in [0.05, 0.1) is 17.2 Å². The lowest BCUT2D eigenvalue weighted by Crippen LogP contribution is -2.25. The van der Waals surface area contributed by atoms with Crippen LogP contribution in [0.5, 0.6) is 0 Å². The van der Waals surface area contributed by atoms with Gasteiger partial charge in [-0.3, -0.25) is 9.36 Å². The number of aryl methyl sites for hydroxylation is 1. The van der Waals surface area contributed by atoms with Crippen molar-refractivity contribution >= 4 is 16.6 Å². The van der Waals surface area contributed by atoms with Crippen LogP contribution in [0.25, 0.3) is 10.9 Å². The maximum Gasteiger partial charge on any atom is 0.261 e. The zero-order chi connectivity index (χ0) is 13.9. The van der Waals surface area contributed by atoms with Crippen LogP contribution in [0.3, 0.4) is 0 Å². The van der Waals surface area contributed by atoms with E-state index in [1.165, 1.54) is 25.9 Å². The van der Waals surface area contributed by atoms with Gasteiger partial charge in [-0.05, 0) is 57.1 Å². The quantitative estimate of drug-likeness (QED) is 0.856. The van der Waals surface area contributed by atoms with Gasteiger partial charge in [-0.15, -0.1) is 0 Å². The lowest BCUT2D eigenvalue weighted by Gasteiger charge is -2.14. The third-order valence-electron chi connectivity index (χ3n) is 3.92. The summed E-state index contributed by atoms with van der Waals surface area (Å²) in [6.07, 6.45) is 5.23. The molecule has 1 aliphatic heterocycles. The number of aromatic nitrogens is 2. The standard InChI is InChI=1S/C15H20N4O/c16-12-4-5-14-13(10-12)15(20)19(11-17-14)9-3-8-18-6-1-2-7-18/h4-5,10-11H,1-3,6-9,16H2. The zero-order valence-electron chi connectivity index (χ0n) is 11.6. The van der Waals surface area contributed by atoms with Gasteiger partial charge in [0.25, 0.3) is 5.56 Å². The molecule has 2 N–H and O–H groups in total. The predicted octanol–water partition coefficient (Wildman–Crippen LogP) is 1.46. The summed E-state index contributed by atoms with van der Waals surface area (Å²) >= 11 is 0. The second-order valence-electron chi connectivity index (χ2n) is 5.42. The summed E-state index contributed by atoms with van der Waals surface area (Å²) in [7, 11) is 0. The number of likely N-dealkylation sites (tertiary alicyclic amines) is 1. The molecule has 0 saturated carbocycles. The van der Waals surface area contributed by atoms with Crippen molar-refractivity contribution in [3.8, 4) is 0 Å². The molecule has 106 valence electrons. The molecule has 0 bridgehead atoms. The molecular formula is C15H20N4O. The number of nitrogens with two attached hydrogens (primary N) is 1. The van der Waals surface area contributed by atoms with Crippen LogP contribution in [0, 0.1) is 0 Å². The average Bonchev–Trinajstić information content (AvgIpc) is 2.95. The van der Waals surface area contributed by atoms with Gasteiger partial charge in [0.15, 0.2) is 0 Å². The van der Waals surface area contributed by atoms with Crippen molar-refractivity contribution < 1.29 is 0 Å². The molecule has 1 fully saturated rings. The van der Waals surface area contributed by atoms with Crippen LogP contribution in [0.2, 0.25) is 0 Å². The Balaban J connectivity index is 1.74. The van der Waals surface area contributed by atoms with E-state index in [4.69, 9.17) is 5.73 Å². The summed E-state index contributed by atoms with van der Waals surface area (Å²) < 4.78 is 1.69. The lowest BCUT2D eigenvalue weighted by molar-refractivity contribution is 0.324. The normalized spacial score (nSPS) is 16.0. The first kappa shape index (κ1) is 13.1. The van der Waals surface area contributed by atoms with Gasteiger partial charge < -0.3 is 10.6 Å². The molecule has 0 unspecified atom stereocenters. The number of hydrogen-bond acceptors (Lipinski definition) is 4. The fraction of sp³-hybridized carbons (Fsp3) is 0.467. The van der Waals surface area contributed by atoms with E-state index in [-0.39, 0.29) is 5.56 Å². The minimum atomic E-state index is 0.00345. The third kappa shape index (κ3) is 2.67. The number of nitrogen functional groups attached to an aromatic ring is 1. The molecule has 0 atom stereocenters. The van der Waals surface area contributed by atoms with Crippen LogP contribution < -0.4 is 11.3 Å². The summed E-state index contributed by atoms with van der Waals surface area (Å²) in [6.45, 7) is 4.16. The molecular weight excluding hydrogens is 252 g/mol. The maximum atomic E-state index is 12.4. The number of nitrogens with zero attached hydrogens (tertiary/aromatic N) is 3. The van der Waals surface area contributed by atoms with Gasteiger partial charge in [0.2, 0.25) is 0 Å². The zero-order valence-corrected chi connectivity index (χ0v) is 11.6. The van der Waals surface area contributed by atoms with E-state index in [1.54, 1.807) is 29.1 Å². The van der Waals surface area contributed by atoms with Crippen molar-refractivity contribution in [1.82, 2.24) is 14.5 Å². The lowest BCUT2D eigenvalue weighted by atomic mass is 10.2. The molecule has 1 aliphatic rings. The number of fused-ring (bicyclic) bond motifs is 1. The Hall–Kier alpha value is -1.88. The first-order valence-electron chi connectivity index (χ1n) is 7.21.